The number of aromatic amines is 1. The molecule has 2 fully saturated rings. The normalized spacial score (nSPS) is 19.1. The molecule has 13 heteroatoms. The highest BCUT2D eigenvalue weighted by molar-refractivity contribution is 5.83. The molecule has 1 saturated heterocycles. The number of nitrogens with zero attached hydrogens (tertiary/aromatic N) is 2. The van der Waals surface area contributed by atoms with Crippen LogP contribution in [0.15, 0.2) is 47.4 Å². The summed E-state index contributed by atoms with van der Waals surface area (Å²) in [4.78, 5) is 20.0. The molecule has 6 rings (SSSR count). The first-order chi connectivity index (χ1) is 22.9. The molecule has 4 aromatic rings. The van der Waals surface area contributed by atoms with Crippen molar-refractivity contribution in [2.75, 3.05) is 6.54 Å². The lowest BCUT2D eigenvalue weighted by atomic mass is 9.91. The average molecular weight is 670 g/mol. The van der Waals surface area contributed by atoms with E-state index in [1.54, 1.807) is 19.1 Å². The summed E-state index contributed by atoms with van der Waals surface area (Å²) < 4.78 is 73.7. The zero-order valence-electron chi connectivity index (χ0n) is 26.7. The van der Waals surface area contributed by atoms with Gasteiger partial charge in [-0.1, -0.05) is 6.42 Å². The van der Waals surface area contributed by atoms with Crippen molar-refractivity contribution in [3.8, 4) is 16.9 Å². The smallest absolute Gasteiger partial charge is 0.374 e. The van der Waals surface area contributed by atoms with Crippen molar-refractivity contribution in [2.45, 2.75) is 89.0 Å². The number of nitrogens with two attached hydrogens (primary N) is 1. The lowest BCUT2D eigenvalue weighted by molar-refractivity contribution is -0.137. The van der Waals surface area contributed by atoms with Crippen LogP contribution in [0.5, 0.6) is 0 Å². The van der Waals surface area contributed by atoms with Crippen molar-refractivity contribution in [3.05, 3.63) is 81.4 Å². The number of hydrogen-bond acceptors (Lipinski definition) is 5. The molecule has 3 atom stereocenters. The van der Waals surface area contributed by atoms with E-state index in [0.29, 0.717) is 60.6 Å². The average Bonchev–Trinajstić information content (AvgIpc) is 3.79. The van der Waals surface area contributed by atoms with E-state index in [0.717, 1.165) is 60.9 Å². The minimum absolute atomic E-state index is 0.0321. The van der Waals surface area contributed by atoms with E-state index in [4.69, 9.17) is 11.1 Å². The molecule has 1 aliphatic carbocycles. The SMILES string of the molecule is CC(=N)NCC[C@@H]1CCC[C@@H](c2c(F)cc(-n3cc4cc(-c5cc(CCCC(N)C6CC6)cc(C(F)(F)F)c5)[nH]c4nc3=O)cc2F)N1. The fourth-order valence-electron chi connectivity index (χ4n) is 6.74. The summed E-state index contributed by atoms with van der Waals surface area (Å²) in [5.74, 6) is -0.728. The number of piperidine rings is 1. The number of H-pyrrole nitrogens is 1. The van der Waals surface area contributed by atoms with Gasteiger partial charge in [0.2, 0.25) is 0 Å². The molecule has 1 saturated carbocycles. The Balaban J connectivity index is 1.25. The topological polar surface area (TPSA) is 125 Å². The largest absolute Gasteiger partial charge is 0.416 e. The van der Waals surface area contributed by atoms with Gasteiger partial charge in [0.1, 0.15) is 17.3 Å². The number of fused-ring (bicyclic) bond motifs is 1. The van der Waals surface area contributed by atoms with Gasteiger partial charge in [-0.15, -0.1) is 0 Å². The van der Waals surface area contributed by atoms with Crippen LogP contribution in [0.1, 0.15) is 81.0 Å². The van der Waals surface area contributed by atoms with Gasteiger partial charge in [-0.25, -0.2) is 13.6 Å². The number of nitrogens with one attached hydrogen (secondary N) is 4. The summed E-state index contributed by atoms with van der Waals surface area (Å²) in [7, 11) is 0. The van der Waals surface area contributed by atoms with E-state index in [1.165, 1.54) is 6.20 Å². The Bertz CT molecular complexity index is 1840. The minimum Gasteiger partial charge on any atom is -0.374 e. The third-order valence-corrected chi connectivity index (χ3v) is 9.43. The zero-order valence-corrected chi connectivity index (χ0v) is 26.7. The first kappa shape index (κ1) is 33.8. The number of alkyl halides is 3. The fraction of sp³-hybridized carbons (Fsp3) is 0.457. The molecule has 1 unspecified atom stereocenters. The molecule has 8 nitrogen and oxygen atoms in total. The maximum Gasteiger partial charge on any atom is 0.416 e. The molecule has 2 aromatic heterocycles. The Morgan fingerprint density at radius 2 is 1.85 bits per heavy atom. The molecule has 0 amide bonds. The monoisotopic (exact) mass is 669 g/mol. The van der Waals surface area contributed by atoms with E-state index in [-0.39, 0.29) is 34.5 Å². The molecular formula is C35H40F5N7O. The number of rotatable bonds is 11. The minimum atomic E-state index is -4.56. The van der Waals surface area contributed by atoms with Gasteiger partial charge in [0.05, 0.1) is 17.1 Å². The zero-order chi connectivity index (χ0) is 34.2. The van der Waals surface area contributed by atoms with E-state index in [1.807, 2.05) is 0 Å². The Morgan fingerprint density at radius 3 is 2.54 bits per heavy atom. The van der Waals surface area contributed by atoms with Gasteiger partial charge in [0, 0.05) is 47.5 Å². The summed E-state index contributed by atoms with van der Waals surface area (Å²) in [5.41, 5.74) is 5.73. The van der Waals surface area contributed by atoms with E-state index in [2.05, 4.69) is 20.6 Å². The van der Waals surface area contributed by atoms with Gasteiger partial charge in [0.25, 0.3) is 0 Å². The van der Waals surface area contributed by atoms with Crippen LogP contribution in [0.3, 0.4) is 0 Å². The summed E-state index contributed by atoms with van der Waals surface area (Å²) in [5, 5.41) is 14.2. The Kier molecular flexibility index (Phi) is 9.71. The van der Waals surface area contributed by atoms with E-state index >= 15 is 8.78 Å². The van der Waals surface area contributed by atoms with Crippen LogP contribution in [0, 0.1) is 23.0 Å². The first-order valence-corrected chi connectivity index (χ1v) is 16.5. The molecule has 0 bridgehead atoms. The highest BCUT2D eigenvalue weighted by Crippen LogP contribution is 2.36. The van der Waals surface area contributed by atoms with Crippen LogP contribution in [0.4, 0.5) is 22.0 Å². The van der Waals surface area contributed by atoms with Gasteiger partial charge in [-0.05, 0) is 112 Å². The summed E-state index contributed by atoms with van der Waals surface area (Å²) >= 11 is 0. The van der Waals surface area contributed by atoms with Crippen LogP contribution in [0.2, 0.25) is 0 Å². The van der Waals surface area contributed by atoms with Gasteiger partial charge in [0.15, 0.2) is 0 Å². The van der Waals surface area contributed by atoms with Crippen LogP contribution in [0.25, 0.3) is 28.0 Å². The van der Waals surface area contributed by atoms with E-state index < -0.39 is 35.1 Å². The molecule has 3 heterocycles. The fourth-order valence-corrected chi connectivity index (χ4v) is 6.74. The highest BCUT2D eigenvalue weighted by Gasteiger charge is 2.32. The van der Waals surface area contributed by atoms with Gasteiger partial charge < -0.3 is 21.4 Å². The first-order valence-electron chi connectivity index (χ1n) is 16.5. The van der Waals surface area contributed by atoms with Crippen LogP contribution < -0.4 is 22.1 Å². The number of aryl methyl sites for hydroxylation is 1. The maximum atomic E-state index is 15.5. The second kappa shape index (κ2) is 13.8. The number of benzene rings is 2. The summed E-state index contributed by atoms with van der Waals surface area (Å²) in [6.07, 6.45) is 3.75. The molecular weight excluding hydrogens is 629 g/mol. The van der Waals surface area contributed by atoms with Crippen molar-refractivity contribution in [1.82, 2.24) is 25.2 Å². The Hall–Kier alpha value is -4.10. The lowest BCUT2D eigenvalue weighted by Crippen LogP contribution is -2.40. The van der Waals surface area contributed by atoms with Crippen molar-refractivity contribution in [3.63, 3.8) is 0 Å². The standard InChI is InChI=1S/C35H40F5N7O/c1-19(41)43-11-10-25-5-3-7-30(44-25)32-27(36)16-26(17-28(32)37)47-18-23-15-31(45-33(23)46-34(47)48)22-12-20(13-24(14-22)35(38,39)40)4-2-6-29(42)21-8-9-21/h12-18,21,25,29-30,44H,2-11,42H2,1H3,(H2,41,43)(H,45,46,48)/t25-,29?,30-/m0/s1. The lowest BCUT2D eigenvalue weighted by Gasteiger charge is -2.32. The second-order valence-corrected chi connectivity index (χ2v) is 13.2. The summed E-state index contributed by atoms with van der Waals surface area (Å²) in [6.45, 7) is 2.23. The quantitative estimate of drug-likeness (QED) is 0.0676. The van der Waals surface area contributed by atoms with Crippen LogP contribution in [-0.2, 0) is 12.6 Å². The van der Waals surface area contributed by atoms with Crippen molar-refractivity contribution in [2.24, 2.45) is 11.7 Å². The number of aromatic nitrogens is 3. The van der Waals surface area contributed by atoms with Crippen molar-refractivity contribution < 1.29 is 22.0 Å². The molecule has 6 N–H and O–H groups in total. The second-order valence-electron chi connectivity index (χ2n) is 13.2. The third-order valence-electron chi connectivity index (χ3n) is 9.43. The molecule has 0 radical (unpaired) electrons. The molecule has 1 aliphatic heterocycles. The molecule has 2 aromatic carbocycles. The molecule has 0 spiro atoms. The van der Waals surface area contributed by atoms with Gasteiger partial charge in [-0.3, -0.25) is 9.98 Å². The molecule has 48 heavy (non-hydrogen) atoms. The molecule has 256 valence electrons. The van der Waals surface area contributed by atoms with E-state index in [9.17, 15) is 18.0 Å². The predicted octanol–water partition coefficient (Wildman–Crippen LogP) is 6.90. The highest BCUT2D eigenvalue weighted by atomic mass is 19.4. The number of hydrogen-bond donors (Lipinski definition) is 5. The maximum absolute atomic E-state index is 15.5. The molecule has 2 aliphatic rings. The Labute approximate surface area is 274 Å². The van der Waals surface area contributed by atoms with Crippen LogP contribution >= 0.6 is 0 Å². The van der Waals surface area contributed by atoms with Gasteiger partial charge in [-0.2, -0.15) is 18.2 Å². The van der Waals surface area contributed by atoms with Crippen molar-refractivity contribution >= 4 is 16.9 Å². The predicted molar refractivity (Wildman–Crippen MR) is 175 cm³/mol. The third kappa shape index (κ3) is 7.78. The number of amidine groups is 1. The van der Waals surface area contributed by atoms with Gasteiger partial charge >= 0.3 is 11.9 Å². The summed E-state index contributed by atoms with van der Waals surface area (Å²) in [6, 6.07) is 7.21. The van der Waals surface area contributed by atoms with Crippen molar-refractivity contribution in [1.29, 1.82) is 5.41 Å². The number of halogens is 5. The Morgan fingerprint density at radius 1 is 1.10 bits per heavy atom. The van der Waals surface area contributed by atoms with Crippen LogP contribution in [-0.4, -0.2) is 39.0 Å².